The molecule has 4 heteroatoms. The second kappa shape index (κ2) is 8.59. The zero-order chi connectivity index (χ0) is 23.0. The van der Waals surface area contributed by atoms with E-state index in [9.17, 15) is 0 Å². The quantitative estimate of drug-likeness (QED) is 0.425. The summed E-state index contributed by atoms with van der Waals surface area (Å²) in [6, 6.07) is 8.75. The van der Waals surface area contributed by atoms with Crippen LogP contribution < -0.4 is 4.90 Å². The third kappa shape index (κ3) is 3.67. The van der Waals surface area contributed by atoms with Crippen LogP contribution in [0.2, 0.25) is 0 Å². The van der Waals surface area contributed by atoms with E-state index in [0.29, 0.717) is 0 Å². The summed E-state index contributed by atoms with van der Waals surface area (Å²) in [5.74, 6) is 0.959. The minimum Gasteiger partial charge on any atom is -0.319 e. The molecule has 32 heavy (non-hydrogen) atoms. The highest BCUT2D eigenvalue weighted by molar-refractivity contribution is 7.18. The lowest BCUT2D eigenvalue weighted by molar-refractivity contribution is 0.301. The van der Waals surface area contributed by atoms with Crippen molar-refractivity contribution in [2.24, 2.45) is 4.99 Å². The lowest BCUT2D eigenvalue weighted by atomic mass is 9.96. The Hall–Kier alpha value is -2.85. The minimum atomic E-state index is -0.299. The van der Waals surface area contributed by atoms with Crippen LogP contribution in [0.3, 0.4) is 0 Å². The van der Waals surface area contributed by atoms with E-state index in [-0.39, 0.29) is 5.54 Å². The predicted octanol–water partition coefficient (Wildman–Crippen LogP) is 7.10. The van der Waals surface area contributed by atoms with Crippen LogP contribution in [-0.4, -0.2) is 22.7 Å². The largest absolute Gasteiger partial charge is 0.319 e. The van der Waals surface area contributed by atoms with E-state index in [2.05, 4.69) is 92.6 Å². The van der Waals surface area contributed by atoms with Crippen molar-refractivity contribution in [1.29, 1.82) is 0 Å². The van der Waals surface area contributed by atoms with Gasteiger partial charge in [-0.25, -0.2) is 0 Å². The molecule has 0 atom stereocenters. The summed E-state index contributed by atoms with van der Waals surface area (Å²) in [6.07, 6.45) is 8.91. The number of rotatable bonds is 7. The number of fused-ring (bicyclic) bond motifs is 1. The molecular formula is C28H33N3S. The molecule has 3 nitrogen and oxygen atoms in total. The Bertz CT molecular complexity index is 1150. The summed E-state index contributed by atoms with van der Waals surface area (Å²) in [5.41, 5.74) is 7.13. The van der Waals surface area contributed by atoms with Crippen molar-refractivity contribution in [2.45, 2.75) is 52.5 Å². The molecule has 0 N–H and O–H groups in total. The molecule has 0 fully saturated rings. The molecule has 0 saturated carbocycles. The van der Waals surface area contributed by atoms with Crippen LogP contribution in [0.25, 0.3) is 5.70 Å². The topological polar surface area (TPSA) is 18.8 Å². The first-order chi connectivity index (χ1) is 15.3. The minimum absolute atomic E-state index is 0.299. The third-order valence-electron chi connectivity index (χ3n) is 6.59. The molecule has 0 bridgehead atoms. The second-order valence-corrected chi connectivity index (χ2v) is 9.98. The molecule has 166 valence electrons. The van der Waals surface area contributed by atoms with E-state index in [1.165, 1.54) is 32.1 Å². The molecular weight excluding hydrogens is 410 g/mol. The molecule has 2 aliphatic heterocycles. The van der Waals surface area contributed by atoms with Crippen LogP contribution in [0, 0.1) is 6.92 Å². The van der Waals surface area contributed by atoms with Gasteiger partial charge in [0.05, 0.1) is 16.1 Å². The molecule has 0 radical (unpaired) electrons. The number of allylic oxidation sites excluding steroid dienone is 1. The summed E-state index contributed by atoms with van der Waals surface area (Å²) in [7, 11) is 0. The highest BCUT2D eigenvalue weighted by atomic mass is 32.1. The van der Waals surface area contributed by atoms with Gasteiger partial charge in [0, 0.05) is 30.4 Å². The van der Waals surface area contributed by atoms with Crippen LogP contribution in [0.1, 0.15) is 54.3 Å². The molecule has 2 aliphatic rings. The van der Waals surface area contributed by atoms with Gasteiger partial charge in [0.2, 0.25) is 0 Å². The standard InChI is InChI=1S/C28H33N3S/c1-8-22-13-10-11-14-23(22)16-18-30-21(5)31(28(6,7)9-2)20(4)25-19(3)26(32-27(25)30)24-15-12-17-29-24/h9-14,17H,2,4-5,8,15-16,18H2,1,3,6-7H3. The van der Waals surface area contributed by atoms with Gasteiger partial charge in [-0.2, -0.15) is 0 Å². The first kappa shape index (κ1) is 22.3. The number of anilines is 1. The third-order valence-corrected chi connectivity index (χ3v) is 7.95. The fourth-order valence-corrected chi connectivity index (χ4v) is 6.08. The van der Waals surface area contributed by atoms with E-state index < -0.39 is 0 Å². The van der Waals surface area contributed by atoms with Crippen molar-refractivity contribution in [3.05, 3.63) is 95.3 Å². The summed E-state index contributed by atoms with van der Waals surface area (Å²) in [6.45, 7) is 22.8. The molecule has 1 aromatic carbocycles. The number of nitrogens with zero attached hydrogens (tertiary/aromatic N) is 3. The molecule has 0 aliphatic carbocycles. The molecule has 0 spiro atoms. The lowest BCUT2D eigenvalue weighted by Gasteiger charge is -2.48. The highest BCUT2D eigenvalue weighted by Crippen LogP contribution is 2.49. The number of thiophene rings is 1. The Morgan fingerprint density at radius 3 is 2.53 bits per heavy atom. The Morgan fingerprint density at radius 2 is 1.91 bits per heavy atom. The van der Waals surface area contributed by atoms with E-state index in [1.54, 1.807) is 0 Å². The van der Waals surface area contributed by atoms with E-state index in [1.807, 2.05) is 23.6 Å². The highest BCUT2D eigenvalue weighted by Gasteiger charge is 2.39. The fourth-order valence-electron chi connectivity index (χ4n) is 4.70. The smallest absolute Gasteiger partial charge is 0.107 e. The molecule has 1 aromatic heterocycles. The number of hydrogen-bond donors (Lipinski definition) is 0. The Balaban J connectivity index is 1.78. The van der Waals surface area contributed by atoms with Gasteiger partial charge in [-0.15, -0.1) is 17.9 Å². The first-order valence-corrected chi connectivity index (χ1v) is 12.1. The summed E-state index contributed by atoms with van der Waals surface area (Å²) in [4.78, 5) is 10.5. The average Bonchev–Trinajstić information content (AvgIpc) is 3.42. The molecule has 0 saturated heterocycles. The summed E-state index contributed by atoms with van der Waals surface area (Å²) < 4.78 is 0. The number of aliphatic imine (C=N–C) groups is 1. The zero-order valence-corrected chi connectivity index (χ0v) is 20.6. The van der Waals surface area contributed by atoms with Gasteiger partial charge in [-0.05, 0) is 50.3 Å². The molecule has 0 unspecified atom stereocenters. The van der Waals surface area contributed by atoms with E-state index in [0.717, 1.165) is 43.0 Å². The first-order valence-electron chi connectivity index (χ1n) is 11.3. The van der Waals surface area contributed by atoms with Crippen LogP contribution in [0.5, 0.6) is 0 Å². The van der Waals surface area contributed by atoms with Gasteiger partial charge in [-0.1, -0.05) is 56.5 Å². The van der Waals surface area contributed by atoms with Gasteiger partial charge < -0.3 is 9.80 Å². The summed E-state index contributed by atoms with van der Waals surface area (Å²) in [5, 5.41) is 1.23. The average molecular weight is 444 g/mol. The Morgan fingerprint density at radius 1 is 1.19 bits per heavy atom. The zero-order valence-electron chi connectivity index (χ0n) is 19.7. The molecule has 2 aromatic rings. The normalized spacial score (nSPS) is 15.9. The maximum Gasteiger partial charge on any atom is 0.107 e. The number of aryl methyl sites for hydroxylation is 1. The van der Waals surface area contributed by atoms with Crippen molar-refractivity contribution in [2.75, 3.05) is 11.4 Å². The van der Waals surface area contributed by atoms with Crippen LogP contribution in [-0.2, 0) is 12.8 Å². The maximum absolute atomic E-state index is 4.63. The Kier molecular flexibility index (Phi) is 6.00. The van der Waals surface area contributed by atoms with Gasteiger partial charge in [-0.3, -0.25) is 4.99 Å². The van der Waals surface area contributed by atoms with E-state index >= 15 is 0 Å². The monoisotopic (exact) mass is 443 g/mol. The fraction of sp³-hybridized carbons (Fsp3) is 0.321. The molecule has 3 heterocycles. The number of hydrogen-bond acceptors (Lipinski definition) is 4. The molecule has 0 amide bonds. The van der Waals surface area contributed by atoms with Gasteiger partial charge in [0.15, 0.2) is 0 Å². The maximum atomic E-state index is 4.63. The second-order valence-electron chi connectivity index (χ2n) is 8.98. The van der Waals surface area contributed by atoms with Gasteiger partial charge in [0.25, 0.3) is 0 Å². The lowest BCUT2D eigenvalue weighted by Crippen LogP contribution is -2.48. The van der Waals surface area contributed by atoms with Crippen molar-refractivity contribution >= 4 is 27.7 Å². The Labute approximate surface area is 196 Å². The van der Waals surface area contributed by atoms with Crippen LogP contribution in [0.15, 0.2) is 73.2 Å². The van der Waals surface area contributed by atoms with Gasteiger partial charge >= 0.3 is 0 Å². The number of benzene rings is 1. The van der Waals surface area contributed by atoms with Gasteiger partial charge in [0.1, 0.15) is 10.8 Å². The van der Waals surface area contributed by atoms with E-state index in [4.69, 9.17) is 0 Å². The SMILES string of the molecule is C=CC(C)(C)N1C(=C)c2c(sc(C3=NC=CC3)c2C)N(CCc2ccccc2CC)C1=C. The summed E-state index contributed by atoms with van der Waals surface area (Å²) >= 11 is 1.82. The predicted molar refractivity (Wildman–Crippen MR) is 141 cm³/mol. The van der Waals surface area contributed by atoms with Crippen molar-refractivity contribution < 1.29 is 0 Å². The van der Waals surface area contributed by atoms with Crippen LogP contribution in [0.4, 0.5) is 5.00 Å². The van der Waals surface area contributed by atoms with Crippen molar-refractivity contribution in [1.82, 2.24) is 4.90 Å². The van der Waals surface area contributed by atoms with Crippen molar-refractivity contribution in [3.63, 3.8) is 0 Å². The molecule has 4 rings (SSSR count). The van der Waals surface area contributed by atoms with Crippen molar-refractivity contribution in [3.8, 4) is 0 Å². The van der Waals surface area contributed by atoms with Crippen LogP contribution >= 0.6 is 11.3 Å².